The second-order valence-corrected chi connectivity index (χ2v) is 7.18. The highest BCUT2D eigenvalue weighted by Gasteiger charge is 2.11. The molecule has 0 bridgehead atoms. The summed E-state index contributed by atoms with van der Waals surface area (Å²) in [6.45, 7) is 2.30. The van der Waals surface area contributed by atoms with Crippen molar-refractivity contribution in [1.29, 1.82) is 0 Å². The largest absolute Gasteiger partial charge is 0.0654 e. The molecule has 1 aliphatic carbocycles. The summed E-state index contributed by atoms with van der Waals surface area (Å²) in [6, 6.07) is 0. The van der Waals surface area contributed by atoms with Crippen LogP contribution in [0.5, 0.6) is 0 Å². The Kier molecular flexibility index (Phi) is 12.6. The predicted octanol–water partition coefficient (Wildman–Crippen LogP) is 7.66. The molecule has 0 amide bonds. The molecule has 0 aromatic carbocycles. The maximum atomic E-state index is 2.30. The van der Waals surface area contributed by atoms with Gasteiger partial charge in [0.05, 0.1) is 0 Å². The van der Waals surface area contributed by atoms with Gasteiger partial charge in [-0.3, -0.25) is 0 Å². The molecule has 0 aliphatic heterocycles. The van der Waals surface area contributed by atoms with E-state index in [4.69, 9.17) is 0 Å². The Morgan fingerprint density at radius 3 is 1.50 bits per heavy atom. The molecule has 0 heterocycles. The molecule has 1 aliphatic rings. The quantitative estimate of drug-likeness (QED) is 0.254. The van der Waals surface area contributed by atoms with Crippen molar-refractivity contribution >= 4 is 0 Å². The van der Waals surface area contributed by atoms with Crippen LogP contribution in [0.2, 0.25) is 0 Å². The summed E-state index contributed by atoms with van der Waals surface area (Å²) in [4.78, 5) is 0. The Hall–Kier alpha value is 0. The molecule has 0 aromatic rings. The highest BCUT2D eigenvalue weighted by atomic mass is 14.2. The van der Waals surface area contributed by atoms with Crippen LogP contribution in [-0.2, 0) is 0 Å². The molecule has 0 spiro atoms. The molecule has 1 rings (SSSR count). The van der Waals surface area contributed by atoms with Crippen LogP contribution in [0, 0.1) is 5.92 Å². The zero-order valence-corrected chi connectivity index (χ0v) is 14.3. The van der Waals surface area contributed by atoms with Gasteiger partial charge < -0.3 is 0 Å². The van der Waals surface area contributed by atoms with Crippen LogP contribution in [0.4, 0.5) is 0 Å². The third-order valence-corrected chi connectivity index (χ3v) is 5.19. The Balaban J connectivity index is 1.76. The molecule has 1 saturated carbocycles. The Bertz CT molecular complexity index is 176. The fraction of sp³-hybridized carbons (Fsp3) is 1.00. The van der Waals surface area contributed by atoms with Gasteiger partial charge in [-0.25, -0.2) is 0 Å². The van der Waals surface area contributed by atoms with Gasteiger partial charge >= 0.3 is 0 Å². The molecule has 0 atom stereocenters. The fourth-order valence-electron chi connectivity index (χ4n) is 3.75. The molecular formula is C20H40. The smallest absolute Gasteiger partial charge is 0.0414 e. The molecule has 120 valence electrons. The predicted molar refractivity (Wildman–Crippen MR) is 92.3 cm³/mol. The zero-order valence-electron chi connectivity index (χ0n) is 14.3. The van der Waals surface area contributed by atoms with Crippen LogP contribution in [0.15, 0.2) is 0 Å². The molecule has 20 heavy (non-hydrogen) atoms. The van der Waals surface area contributed by atoms with Gasteiger partial charge in [-0.15, -0.1) is 0 Å². The minimum Gasteiger partial charge on any atom is -0.0654 e. The molecule has 0 N–H and O–H groups in total. The summed E-state index contributed by atoms with van der Waals surface area (Å²) in [5.74, 6) is 1.09. The van der Waals surface area contributed by atoms with E-state index < -0.39 is 0 Å². The van der Waals surface area contributed by atoms with Gasteiger partial charge in [0.25, 0.3) is 0 Å². The van der Waals surface area contributed by atoms with Crippen molar-refractivity contribution in [2.45, 2.75) is 122 Å². The lowest BCUT2D eigenvalue weighted by atomic mass is 9.93. The third-order valence-electron chi connectivity index (χ3n) is 5.19. The first-order valence-electron chi connectivity index (χ1n) is 9.93. The molecular weight excluding hydrogens is 240 g/mol. The van der Waals surface area contributed by atoms with E-state index in [1.165, 1.54) is 116 Å². The van der Waals surface area contributed by atoms with Crippen LogP contribution in [-0.4, -0.2) is 0 Å². The van der Waals surface area contributed by atoms with Crippen LogP contribution < -0.4 is 0 Å². The van der Waals surface area contributed by atoms with Crippen LogP contribution in [0.1, 0.15) is 122 Å². The van der Waals surface area contributed by atoms with E-state index in [1.807, 2.05) is 0 Å². The summed E-state index contributed by atoms with van der Waals surface area (Å²) < 4.78 is 0. The SMILES string of the molecule is CCCCCCCCCCCCCC1CCCCCC1. The minimum atomic E-state index is 1.09. The van der Waals surface area contributed by atoms with E-state index in [9.17, 15) is 0 Å². The molecule has 0 heteroatoms. The van der Waals surface area contributed by atoms with E-state index in [0.717, 1.165) is 5.92 Å². The second-order valence-electron chi connectivity index (χ2n) is 7.18. The molecule has 0 radical (unpaired) electrons. The molecule has 0 aromatic heterocycles. The van der Waals surface area contributed by atoms with E-state index in [-0.39, 0.29) is 0 Å². The number of unbranched alkanes of at least 4 members (excludes halogenated alkanes) is 10. The minimum absolute atomic E-state index is 1.09. The van der Waals surface area contributed by atoms with Crippen molar-refractivity contribution in [3.8, 4) is 0 Å². The Labute approximate surface area is 129 Å². The first-order chi connectivity index (χ1) is 9.93. The van der Waals surface area contributed by atoms with Crippen molar-refractivity contribution in [3.05, 3.63) is 0 Å². The molecule has 1 fully saturated rings. The average Bonchev–Trinajstić information content (AvgIpc) is 2.73. The van der Waals surface area contributed by atoms with E-state index >= 15 is 0 Å². The van der Waals surface area contributed by atoms with Gasteiger partial charge in [-0.2, -0.15) is 0 Å². The lowest BCUT2D eigenvalue weighted by Crippen LogP contribution is -1.98. The van der Waals surface area contributed by atoms with Crippen LogP contribution in [0.25, 0.3) is 0 Å². The monoisotopic (exact) mass is 280 g/mol. The van der Waals surface area contributed by atoms with Gasteiger partial charge in [0.15, 0.2) is 0 Å². The summed E-state index contributed by atoms with van der Waals surface area (Å²) in [5, 5.41) is 0. The van der Waals surface area contributed by atoms with Crippen LogP contribution >= 0.6 is 0 Å². The topological polar surface area (TPSA) is 0 Å². The van der Waals surface area contributed by atoms with E-state index in [0.29, 0.717) is 0 Å². The second kappa shape index (κ2) is 14.0. The maximum absolute atomic E-state index is 2.30. The van der Waals surface area contributed by atoms with Crippen LogP contribution in [0.3, 0.4) is 0 Å². The van der Waals surface area contributed by atoms with Crippen molar-refractivity contribution < 1.29 is 0 Å². The first kappa shape index (κ1) is 18.1. The molecule has 0 nitrogen and oxygen atoms in total. The maximum Gasteiger partial charge on any atom is -0.0414 e. The number of rotatable bonds is 12. The normalized spacial score (nSPS) is 17.2. The van der Waals surface area contributed by atoms with Gasteiger partial charge in [0.1, 0.15) is 0 Å². The molecule has 0 unspecified atom stereocenters. The van der Waals surface area contributed by atoms with Crippen molar-refractivity contribution in [2.24, 2.45) is 5.92 Å². The summed E-state index contributed by atoms with van der Waals surface area (Å²) in [7, 11) is 0. The zero-order chi connectivity index (χ0) is 14.3. The number of hydrogen-bond acceptors (Lipinski definition) is 0. The number of hydrogen-bond donors (Lipinski definition) is 0. The lowest BCUT2D eigenvalue weighted by molar-refractivity contribution is 0.404. The van der Waals surface area contributed by atoms with Gasteiger partial charge in [0, 0.05) is 0 Å². The van der Waals surface area contributed by atoms with Gasteiger partial charge in [-0.05, 0) is 5.92 Å². The third kappa shape index (κ3) is 10.7. The highest BCUT2D eigenvalue weighted by Crippen LogP contribution is 2.27. The Morgan fingerprint density at radius 2 is 1.00 bits per heavy atom. The highest BCUT2D eigenvalue weighted by molar-refractivity contribution is 4.64. The average molecular weight is 281 g/mol. The van der Waals surface area contributed by atoms with Gasteiger partial charge in [-0.1, -0.05) is 122 Å². The van der Waals surface area contributed by atoms with Crippen molar-refractivity contribution in [3.63, 3.8) is 0 Å². The van der Waals surface area contributed by atoms with E-state index in [1.54, 1.807) is 0 Å². The Morgan fingerprint density at radius 1 is 0.550 bits per heavy atom. The molecule has 0 saturated heterocycles. The lowest BCUT2D eigenvalue weighted by Gasteiger charge is -2.13. The fourth-order valence-corrected chi connectivity index (χ4v) is 3.75. The summed E-state index contributed by atoms with van der Waals surface area (Å²) >= 11 is 0. The standard InChI is InChI=1S/C20H40/c1-2-3-4-5-6-7-8-9-10-11-14-17-20-18-15-12-13-16-19-20/h20H,2-19H2,1H3. The van der Waals surface area contributed by atoms with Gasteiger partial charge in [0.2, 0.25) is 0 Å². The summed E-state index contributed by atoms with van der Waals surface area (Å²) in [5.41, 5.74) is 0. The summed E-state index contributed by atoms with van der Waals surface area (Å²) in [6.07, 6.45) is 26.9. The first-order valence-corrected chi connectivity index (χ1v) is 9.93. The van der Waals surface area contributed by atoms with Crippen molar-refractivity contribution in [2.75, 3.05) is 0 Å². The van der Waals surface area contributed by atoms with Crippen molar-refractivity contribution in [1.82, 2.24) is 0 Å². The van der Waals surface area contributed by atoms with E-state index in [2.05, 4.69) is 6.92 Å².